The Morgan fingerprint density at radius 2 is 1.40 bits per heavy atom. The maximum Gasteiger partial charge on any atom is 0.296 e. The number of benzene rings is 3. The van der Waals surface area contributed by atoms with E-state index in [0.717, 1.165) is 23.8 Å². The highest BCUT2D eigenvalue weighted by atomic mass is 32.2. The van der Waals surface area contributed by atoms with Crippen LogP contribution in [-0.2, 0) is 25.0 Å². The van der Waals surface area contributed by atoms with Crippen molar-refractivity contribution in [3.05, 3.63) is 83.9 Å². The van der Waals surface area contributed by atoms with Gasteiger partial charge in [0.15, 0.2) is 0 Å². The predicted molar refractivity (Wildman–Crippen MR) is 127 cm³/mol. The Balaban J connectivity index is 1.63. The van der Waals surface area contributed by atoms with Gasteiger partial charge in [-0.25, -0.2) is 0 Å². The number of rotatable bonds is 6. The van der Waals surface area contributed by atoms with Crippen LogP contribution in [0.15, 0.2) is 97.9 Å². The Morgan fingerprint density at radius 3 is 2.09 bits per heavy atom. The third-order valence-corrected chi connectivity index (χ3v) is 6.57. The van der Waals surface area contributed by atoms with Crippen LogP contribution in [0, 0.1) is 0 Å². The van der Waals surface area contributed by atoms with Crippen molar-refractivity contribution in [2.45, 2.75) is 9.79 Å². The minimum atomic E-state index is -4.71. The molecule has 0 radical (unpaired) electrons. The number of allylic oxidation sites excluding steroid dienone is 1. The molecule has 0 fully saturated rings. The quantitative estimate of drug-likeness (QED) is 0.252. The van der Waals surface area contributed by atoms with Crippen molar-refractivity contribution in [1.82, 2.24) is 0 Å². The van der Waals surface area contributed by atoms with Crippen LogP contribution >= 0.6 is 0 Å². The highest BCUT2D eigenvalue weighted by Crippen LogP contribution is 2.29. The number of nitrogens with zero attached hydrogens (tertiary/aromatic N) is 3. The summed E-state index contributed by atoms with van der Waals surface area (Å²) in [5.74, 6) is -0.380. The number of hydrogen-bond acceptors (Lipinski definition) is 9. The molecule has 3 aromatic carbocycles. The van der Waals surface area contributed by atoms with E-state index in [1.165, 1.54) is 30.3 Å². The van der Waals surface area contributed by atoms with Gasteiger partial charge in [0, 0.05) is 5.56 Å². The van der Waals surface area contributed by atoms with Crippen molar-refractivity contribution in [1.29, 1.82) is 0 Å². The van der Waals surface area contributed by atoms with Crippen LogP contribution in [0.2, 0.25) is 0 Å². The number of carbonyl (C=O) groups excluding carboxylic acids is 1. The number of hydrazone groups is 1. The normalized spacial score (nSPS) is 14.9. The van der Waals surface area contributed by atoms with Gasteiger partial charge in [0.25, 0.3) is 20.2 Å². The molecule has 1 aliphatic rings. The topological polar surface area (TPSA) is 175 Å². The van der Waals surface area contributed by atoms with Gasteiger partial charge in [-0.2, -0.15) is 32.2 Å². The highest BCUT2D eigenvalue weighted by Gasteiger charge is 2.20. The summed E-state index contributed by atoms with van der Waals surface area (Å²) in [6.45, 7) is 0. The summed E-state index contributed by atoms with van der Waals surface area (Å²) in [4.78, 5) is 11.4. The zero-order chi connectivity index (χ0) is 25.2. The van der Waals surface area contributed by atoms with Gasteiger partial charge < -0.3 is 0 Å². The number of ketones is 1. The minimum Gasteiger partial charge on any atom is -0.287 e. The summed E-state index contributed by atoms with van der Waals surface area (Å²) in [6.07, 6.45) is 2.99. The van der Waals surface area contributed by atoms with Crippen LogP contribution in [0.3, 0.4) is 0 Å². The van der Waals surface area contributed by atoms with Crippen molar-refractivity contribution in [2.24, 2.45) is 15.3 Å². The largest absolute Gasteiger partial charge is 0.296 e. The summed E-state index contributed by atoms with van der Waals surface area (Å²) in [5.41, 5.74) is 4.10. The van der Waals surface area contributed by atoms with Crippen molar-refractivity contribution >= 4 is 54.9 Å². The molecule has 0 aliphatic heterocycles. The third-order valence-electron chi connectivity index (χ3n) is 4.81. The molecule has 0 bridgehead atoms. The first kappa shape index (κ1) is 24.1. The molecule has 178 valence electrons. The Labute approximate surface area is 200 Å². The first-order valence-corrected chi connectivity index (χ1v) is 12.7. The fourth-order valence-corrected chi connectivity index (χ4v) is 4.29. The van der Waals surface area contributed by atoms with E-state index < -0.39 is 25.1 Å². The van der Waals surface area contributed by atoms with E-state index in [9.17, 15) is 26.2 Å². The monoisotopic (exact) mass is 512 g/mol. The minimum absolute atomic E-state index is 0.0525. The lowest BCUT2D eigenvalue weighted by molar-refractivity contribution is -0.108. The van der Waals surface area contributed by atoms with E-state index in [-0.39, 0.29) is 33.5 Å². The second-order valence-corrected chi connectivity index (χ2v) is 9.99. The van der Waals surface area contributed by atoms with Gasteiger partial charge in [0.1, 0.15) is 10.6 Å². The molecule has 0 saturated carbocycles. The number of carbonyl (C=O) groups is 1. The van der Waals surface area contributed by atoms with Crippen LogP contribution in [-0.4, -0.2) is 37.4 Å². The highest BCUT2D eigenvalue weighted by molar-refractivity contribution is 7.86. The Hall–Kier alpha value is -4.04. The number of hydrogen-bond donors (Lipinski definition) is 3. The Morgan fingerprint density at radius 1 is 0.743 bits per heavy atom. The van der Waals surface area contributed by atoms with E-state index >= 15 is 0 Å². The summed E-state index contributed by atoms with van der Waals surface area (Å²) < 4.78 is 64.8. The maximum atomic E-state index is 12.3. The van der Waals surface area contributed by atoms with E-state index in [2.05, 4.69) is 20.8 Å². The maximum absolute atomic E-state index is 12.3. The van der Waals surface area contributed by atoms with Crippen LogP contribution in [0.5, 0.6) is 0 Å². The molecule has 1 aliphatic carbocycles. The Bertz CT molecular complexity index is 1630. The lowest BCUT2D eigenvalue weighted by atomic mass is 9.95. The molecule has 11 nitrogen and oxygen atoms in total. The van der Waals surface area contributed by atoms with E-state index in [1.54, 1.807) is 30.3 Å². The zero-order valence-electron chi connectivity index (χ0n) is 17.6. The van der Waals surface area contributed by atoms with Crippen LogP contribution in [0.4, 0.5) is 17.1 Å². The third kappa shape index (κ3) is 5.55. The number of azo groups is 1. The molecule has 3 N–H and O–H groups in total. The van der Waals surface area contributed by atoms with Gasteiger partial charge in [-0.15, -0.1) is 0 Å². The van der Waals surface area contributed by atoms with Crippen LogP contribution in [0.1, 0.15) is 11.1 Å². The average Bonchev–Trinajstić information content (AvgIpc) is 2.81. The number of nitrogens with one attached hydrogen (secondary N) is 1. The van der Waals surface area contributed by atoms with Gasteiger partial charge in [-0.3, -0.25) is 19.3 Å². The van der Waals surface area contributed by atoms with E-state index in [1.807, 2.05) is 0 Å². The zero-order valence-corrected chi connectivity index (χ0v) is 19.2. The van der Waals surface area contributed by atoms with Gasteiger partial charge in [0.05, 0.1) is 22.0 Å². The molecule has 0 saturated heterocycles. The molecule has 0 aromatic heterocycles. The van der Waals surface area contributed by atoms with Crippen LogP contribution in [0.25, 0.3) is 6.08 Å². The molecule has 13 heteroatoms. The van der Waals surface area contributed by atoms with Crippen LogP contribution < -0.4 is 5.43 Å². The fourth-order valence-electron chi connectivity index (χ4n) is 3.15. The van der Waals surface area contributed by atoms with Crippen molar-refractivity contribution in [3.8, 4) is 0 Å². The summed E-state index contributed by atoms with van der Waals surface area (Å²) in [5, 5.41) is 11.8. The van der Waals surface area contributed by atoms with Crippen molar-refractivity contribution in [2.75, 3.05) is 5.43 Å². The predicted octanol–water partition coefficient (Wildman–Crippen LogP) is 4.01. The second kappa shape index (κ2) is 9.31. The van der Waals surface area contributed by atoms with Crippen molar-refractivity contribution < 1.29 is 30.7 Å². The average molecular weight is 513 g/mol. The SMILES string of the molecule is O=C1C=Cc2ccccc2/C1=N/Nc1ccc(N=Nc2ccc(S(=O)(=O)O)cc2)cc1S(=O)(=O)O. The van der Waals surface area contributed by atoms with Crippen molar-refractivity contribution in [3.63, 3.8) is 0 Å². The number of fused-ring (bicyclic) bond motifs is 1. The van der Waals surface area contributed by atoms with Gasteiger partial charge in [-0.05, 0) is 54.1 Å². The summed E-state index contributed by atoms with van der Waals surface area (Å²) >= 11 is 0. The lowest BCUT2D eigenvalue weighted by Gasteiger charge is -2.13. The molecular weight excluding hydrogens is 496 g/mol. The molecule has 0 spiro atoms. The van der Waals surface area contributed by atoms with E-state index in [4.69, 9.17) is 4.55 Å². The van der Waals surface area contributed by atoms with Gasteiger partial charge >= 0.3 is 0 Å². The summed E-state index contributed by atoms with van der Waals surface area (Å²) in [6, 6.07) is 15.6. The first-order chi connectivity index (χ1) is 16.5. The molecule has 0 atom stereocenters. The second-order valence-electron chi connectivity index (χ2n) is 7.18. The molecule has 0 unspecified atom stereocenters. The van der Waals surface area contributed by atoms with E-state index in [0.29, 0.717) is 5.56 Å². The lowest BCUT2D eigenvalue weighted by Crippen LogP contribution is -2.19. The first-order valence-electron chi connectivity index (χ1n) is 9.79. The Kier molecular flexibility index (Phi) is 6.41. The number of anilines is 1. The van der Waals surface area contributed by atoms with Gasteiger partial charge in [-0.1, -0.05) is 30.3 Å². The fraction of sp³-hybridized carbons (Fsp3) is 0. The van der Waals surface area contributed by atoms with Gasteiger partial charge in [0.2, 0.25) is 5.78 Å². The molecule has 0 heterocycles. The molecule has 0 amide bonds. The molecule has 3 aromatic rings. The smallest absolute Gasteiger partial charge is 0.287 e. The standard InChI is InChI=1S/C22H16N4O7S2/c27-20-12-5-14-3-1-2-4-18(14)22(20)26-25-19-11-8-16(13-21(19)35(31,32)33)24-23-15-6-9-17(10-7-15)34(28,29)30/h1-13,25H,(H,28,29,30)(H,31,32,33)/b24-23?,26-22-. The molecule has 35 heavy (non-hydrogen) atoms. The molecule has 4 rings (SSSR count). The summed E-state index contributed by atoms with van der Waals surface area (Å²) in [7, 11) is -9.07. The molecular formula is C22H16N4O7S2.